The molecular formula is C23H25N3O4. The summed E-state index contributed by atoms with van der Waals surface area (Å²) in [6, 6.07) is 10.3. The summed E-state index contributed by atoms with van der Waals surface area (Å²) in [5, 5.41) is 12.1. The van der Waals surface area contributed by atoms with Gasteiger partial charge in [0.25, 0.3) is 11.7 Å². The summed E-state index contributed by atoms with van der Waals surface area (Å²) in [5.41, 5.74) is 1.51. The highest BCUT2D eigenvalue weighted by Gasteiger charge is 2.47. The molecule has 30 heavy (non-hydrogen) atoms. The molecule has 0 unspecified atom stereocenters. The number of aliphatic hydroxyl groups excluding tert-OH is 1. The number of rotatable bonds is 6. The number of aliphatic hydroxyl groups is 1. The number of carbonyl (C=O) groups is 2. The van der Waals surface area contributed by atoms with Crippen LogP contribution in [0.15, 0.2) is 58.8 Å². The van der Waals surface area contributed by atoms with Gasteiger partial charge in [0.1, 0.15) is 17.6 Å². The molecule has 7 heteroatoms. The lowest BCUT2D eigenvalue weighted by molar-refractivity contribution is -0.140. The first kappa shape index (κ1) is 20.0. The standard InChI is InChI=1S/C23H25N3O4/c1-24(2)11-7-12-26-20(18-10-6-13-30-18)19(22(28)23(26)29)21(27)16-14-25(3)17-9-5-4-8-15(16)17/h4-6,8-10,13-14,20,27H,7,11-12H2,1-3H3/b21-19+/t20-/m1/s1. The number of carbonyl (C=O) groups excluding carboxylic acids is 2. The predicted octanol–water partition coefficient (Wildman–Crippen LogP) is 3.14. The fourth-order valence-corrected chi connectivity index (χ4v) is 4.09. The maximum atomic E-state index is 13.0. The maximum absolute atomic E-state index is 13.0. The number of hydrogen-bond acceptors (Lipinski definition) is 5. The van der Waals surface area contributed by atoms with Crippen LogP contribution >= 0.6 is 0 Å². The van der Waals surface area contributed by atoms with Crippen LogP contribution < -0.4 is 0 Å². The number of hydrogen-bond donors (Lipinski definition) is 1. The van der Waals surface area contributed by atoms with Gasteiger partial charge in [0.2, 0.25) is 0 Å². The summed E-state index contributed by atoms with van der Waals surface area (Å²) < 4.78 is 7.46. The Balaban J connectivity index is 1.83. The predicted molar refractivity (Wildman–Crippen MR) is 114 cm³/mol. The Morgan fingerprint density at radius 2 is 1.93 bits per heavy atom. The zero-order chi connectivity index (χ0) is 21.4. The molecule has 2 aromatic heterocycles. The second-order valence-corrected chi connectivity index (χ2v) is 7.84. The molecule has 4 rings (SSSR count). The van der Waals surface area contributed by atoms with Gasteiger partial charge in [0, 0.05) is 36.3 Å². The summed E-state index contributed by atoms with van der Waals surface area (Å²) in [5.74, 6) is -1.02. The van der Waals surface area contributed by atoms with E-state index in [-0.39, 0.29) is 11.3 Å². The van der Waals surface area contributed by atoms with Crippen molar-refractivity contribution < 1.29 is 19.1 Å². The molecule has 1 aliphatic heterocycles. The number of aromatic nitrogens is 1. The lowest BCUT2D eigenvalue weighted by Gasteiger charge is -2.23. The van der Waals surface area contributed by atoms with Crippen LogP contribution in [0.3, 0.4) is 0 Å². The molecule has 1 fully saturated rings. The van der Waals surface area contributed by atoms with Crippen LogP contribution in [0.4, 0.5) is 0 Å². The Hall–Kier alpha value is -3.32. The van der Waals surface area contributed by atoms with Crippen molar-refractivity contribution in [1.29, 1.82) is 0 Å². The molecule has 3 aromatic rings. The van der Waals surface area contributed by atoms with Gasteiger partial charge in [-0.1, -0.05) is 18.2 Å². The van der Waals surface area contributed by atoms with Crippen LogP contribution in [-0.4, -0.2) is 58.3 Å². The molecule has 3 heterocycles. The SMILES string of the molecule is CN(C)CCCN1C(=O)C(=O)/C(=C(/O)c2cn(C)c3ccccc23)[C@H]1c1ccco1. The number of para-hydroxylation sites is 1. The first-order valence-corrected chi connectivity index (χ1v) is 9.91. The van der Waals surface area contributed by atoms with Crippen molar-refractivity contribution in [2.75, 3.05) is 27.2 Å². The largest absolute Gasteiger partial charge is 0.507 e. The minimum atomic E-state index is -0.749. The summed E-state index contributed by atoms with van der Waals surface area (Å²) in [6.45, 7) is 1.16. The van der Waals surface area contributed by atoms with Gasteiger partial charge in [0.15, 0.2) is 0 Å². The third kappa shape index (κ3) is 3.31. The van der Waals surface area contributed by atoms with Gasteiger partial charge in [-0.15, -0.1) is 0 Å². The fourth-order valence-electron chi connectivity index (χ4n) is 4.09. The molecule has 1 amide bonds. The lowest BCUT2D eigenvalue weighted by Crippen LogP contribution is -2.32. The van der Waals surface area contributed by atoms with Gasteiger partial charge >= 0.3 is 0 Å². The molecule has 1 aliphatic rings. The second kappa shape index (κ2) is 7.84. The second-order valence-electron chi connectivity index (χ2n) is 7.84. The van der Waals surface area contributed by atoms with Crippen molar-refractivity contribution in [2.24, 2.45) is 7.05 Å². The molecule has 0 spiro atoms. The molecule has 1 N–H and O–H groups in total. The molecule has 0 bridgehead atoms. The number of nitrogens with zero attached hydrogens (tertiary/aromatic N) is 3. The van der Waals surface area contributed by atoms with E-state index >= 15 is 0 Å². The number of likely N-dealkylation sites (tertiary alicyclic amines) is 1. The molecule has 7 nitrogen and oxygen atoms in total. The van der Waals surface area contributed by atoms with E-state index in [0.717, 1.165) is 17.4 Å². The highest BCUT2D eigenvalue weighted by atomic mass is 16.3. The van der Waals surface area contributed by atoms with E-state index < -0.39 is 17.7 Å². The zero-order valence-electron chi connectivity index (χ0n) is 17.3. The Morgan fingerprint density at radius 1 is 1.17 bits per heavy atom. The maximum Gasteiger partial charge on any atom is 0.295 e. The zero-order valence-corrected chi connectivity index (χ0v) is 17.3. The smallest absolute Gasteiger partial charge is 0.295 e. The van der Waals surface area contributed by atoms with Gasteiger partial charge in [-0.25, -0.2) is 0 Å². The van der Waals surface area contributed by atoms with Crippen LogP contribution in [-0.2, 0) is 16.6 Å². The van der Waals surface area contributed by atoms with E-state index in [1.807, 2.05) is 54.9 Å². The minimum absolute atomic E-state index is 0.0659. The Labute approximate surface area is 174 Å². The third-order valence-electron chi connectivity index (χ3n) is 5.51. The monoisotopic (exact) mass is 407 g/mol. The van der Waals surface area contributed by atoms with Gasteiger partial charge in [-0.2, -0.15) is 0 Å². The van der Waals surface area contributed by atoms with Crippen LogP contribution in [0, 0.1) is 0 Å². The first-order chi connectivity index (χ1) is 14.4. The highest BCUT2D eigenvalue weighted by molar-refractivity contribution is 6.46. The average molecular weight is 407 g/mol. The molecule has 1 aromatic carbocycles. The van der Waals surface area contributed by atoms with E-state index in [1.54, 1.807) is 18.3 Å². The molecule has 0 saturated carbocycles. The van der Waals surface area contributed by atoms with E-state index in [2.05, 4.69) is 0 Å². The Bertz CT molecular complexity index is 1120. The number of ketones is 1. The van der Waals surface area contributed by atoms with Crippen molar-refractivity contribution in [2.45, 2.75) is 12.5 Å². The summed E-state index contributed by atoms with van der Waals surface area (Å²) in [6.07, 6.45) is 3.98. The highest BCUT2D eigenvalue weighted by Crippen LogP contribution is 2.40. The minimum Gasteiger partial charge on any atom is -0.507 e. The summed E-state index contributed by atoms with van der Waals surface area (Å²) in [4.78, 5) is 29.4. The van der Waals surface area contributed by atoms with E-state index in [4.69, 9.17) is 4.42 Å². The van der Waals surface area contributed by atoms with Gasteiger partial charge in [0.05, 0.1) is 11.8 Å². The number of Topliss-reactive ketones (excluding diaryl/α,β-unsaturated/α-hetero) is 1. The molecular weight excluding hydrogens is 382 g/mol. The number of aryl methyl sites for hydroxylation is 1. The first-order valence-electron chi connectivity index (χ1n) is 9.91. The molecule has 0 radical (unpaired) electrons. The van der Waals surface area contributed by atoms with Crippen molar-refractivity contribution in [1.82, 2.24) is 14.4 Å². The van der Waals surface area contributed by atoms with Crippen molar-refractivity contribution >= 4 is 28.4 Å². The molecule has 156 valence electrons. The molecule has 0 aliphatic carbocycles. The third-order valence-corrected chi connectivity index (χ3v) is 5.51. The quantitative estimate of drug-likeness (QED) is 0.386. The lowest BCUT2D eigenvalue weighted by atomic mass is 9.99. The molecule has 1 saturated heterocycles. The normalized spacial score (nSPS) is 18.8. The van der Waals surface area contributed by atoms with Crippen molar-refractivity contribution in [3.05, 3.63) is 65.8 Å². The Kier molecular flexibility index (Phi) is 5.22. The fraction of sp³-hybridized carbons (Fsp3) is 0.304. The average Bonchev–Trinajstić information content (AvgIpc) is 3.42. The van der Waals surface area contributed by atoms with Gasteiger partial charge in [-0.05, 0) is 45.3 Å². The van der Waals surface area contributed by atoms with Gasteiger partial charge in [-0.3, -0.25) is 9.59 Å². The van der Waals surface area contributed by atoms with E-state index in [9.17, 15) is 14.7 Å². The van der Waals surface area contributed by atoms with E-state index in [1.165, 1.54) is 11.2 Å². The number of benzene rings is 1. The van der Waals surface area contributed by atoms with Crippen molar-refractivity contribution in [3.63, 3.8) is 0 Å². The van der Waals surface area contributed by atoms with Crippen molar-refractivity contribution in [3.8, 4) is 0 Å². The summed E-state index contributed by atoms with van der Waals surface area (Å²) in [7, 11) is 5.79. The number of furan rings is 1. The Morgan fingerprint density at radius 3 is 2.63 bits per heavy atom. The number of fused-ring (bicyclic) bond motifs is 1. The van der Waals surface area contributed by atoms with E-state index in [0.29, 0.717) is 24.3 Å². The summed E-state index contributed by atoms with van der Waals surface area (Å²) >= 11 is 0. The molecule has 1 atom stereocenters. The number of amides is 1. The van der Waals surface area contributed by atoms with Crippen LogP contribution in [0.1, 0.15) is 23.8 Å². The van der Waals surface area contributed by atoms with Gasteiger partial charge < -0.3 is 23.9 Å². The van der Waals surface area contributed by atoms with Crippen LogP contribution in [0.5, 0.6) is 0 Å². The van der Waals surface area contributed by atoms with Crippen LogP contribution in [0.25, 0.3) is 16.7 Å². The topological polar surface area (TPSA) is 78.9 Å². The van der Waals surface area contributed by atoms with Crippen LogP contribution in [0.2, 0.25) is 0 Å².